The molecule has 3 heteroatoms. The Bertz CT molecular complexity index is 192. The molecule has 0 atom stereocenters. The van der Waals surface area contributed by atoms with Crippen molar-refractivity contribution in [1.82, 2.24) is 0 Å². The largest absolute Gasteiger partial charge is 0.293 e. The average Bonchev–Trinajstić information content (AvgIpc) is 1.87. The zero-order valence-electron chi connectivity index (χ0n) is 5.99. The zero-order chi connectivity index (χ0) is 8.15. The van der Waals surface area contributed by atoms with E-state index >= 15 is 0 Å². The molecule has 1 nitrogen and oxygen atoms in total. The van der Waals surface area contributed by atoms with Crippen molar-refractivity contribution in [1.29, 1.82) is 0 Å². The summed E-state index contributed by atoms with van der Waals surface area (Å²) < 4.78 is 24.6. The molecule has 0 aliphatic heterocycles. The van der Waals surface area contributed by atoms with Crippen LogP contribution in [-0.4, -0.2) is 13.3 Å². The summed E-state index contributed by atoms with van der Waals surface area (Å²) in [5, 5.41) is 0. The minimum Gasteiger partial charge on any atom is -0.293 e. The molecule has 0 saturated heterocycles. The molecule has 0 N–H and O–H groups in total. The molecule has 0 amide bonds. The SMILES string of the molecule is C=C(F)/C(C)=C(/F)C=NC. The van der Waals surface area contributed by atoms with Crippen molar-refractivity contribution in [2.45, 2.75) is 6.92 Å². The highest BCUT2D eigenvalue weighted by atomic mass is 19.1. The monoisotopic (exact) mass is 145 g/mol. The van der Waals surface area contributed by atoms with Crippen LogP contribution in [0.1, 0.15) is 6.92 Å². The first-order chi connectivity index (χ1) is 4.59. The lowest BCUT2D eigenvalue weighted by molar-refractivity contribution is 0.622. The van der Waals surface area contributed by atoms with E-state index in [1.165, 1.54) is 14.0 Å². The molecule has 0 unspecified atom stereocenters. The van der Waals surface area contributed by atoms with Crippen LogP contribution in [0.25, 0.3) is 0 Å². The summed E-state index contributed by atoms with van der Waals surface area (Å²) in [6, 6.07) is 0. The lowest BCUT2D eigenvalue weighted by Crippen LogP contribution is -1.83. The van der Waals surface area contributed by atoms with Crippen molar-refractivity contribution < 1.29 is 8.78 Å². The Morgan fingerprint density at radius 2 is 2.00 bits per heavy atom. The number of hydrogen-bond donors (Lipinski definition) is 0. The number of rotatable bonds is 2. The Hall–Kier alpha value is -0.990. The molecule has 0 aliphatic rings. The van der Waals surface area contributed by atoms with Crippen LogP contribution in [0.15, 0.2) is 28.8 Å². The molecule has 0 radical (unpaired) electrons. The van der Waals surface area contributed by atoms with Gasteiger partial charge in [0, 0.05) is 12.6 Å². The van der Waals surface area contributed by atoms with Crippen LogP contribution in [0.4, 0.5) is 8.78 Å². The van der Waals surface area contributed by atoms with Crippen molar-refractivity contribution in [3.8, 4) is 0 Å². The van der Waals surface area contributed by atoms with Gasteiger partial charge in [-0.2, -0.15) is 0 Å². The van der Waals surface area contributed by atoms with Crippen LogP contribution in [-0.2, 0) is 0 Å². The summed E-state index contributed by atoms with van der Waals surface area (Å²) >= 11 is 0. The van der Waals surface area contributed by atoms with Gasteiger partial charge in [-0.25, -0.2) is 8.78 Å². The summed E-state index contributed by atoms with van der Waals surface area (Å²) in [5.41, 5.74) is -0.106. The van der Waals surface area contributed by atoms with Crippen LogP contribution in [0.2, 0.25) is 0 Å². The Kier molecular flexibility index (Phi) is 3.54. The maximum Gasteiger partial charge on any atom is 0.146 e. The highest BCUT2D eigenvalue weighted by Gasteiger charge is 2.00. The van der Waals surface area contributed by atoms with E-state index in [9.17, 15) is 8.78 Å². The predicted molar refractivity (Wildman–Crippen MR) is 38.5 cm³/mol. The second-order valence-corrected chi connectivity index (χ2v) is 1.77. The molecule has 0 spiro atoms. The van der Waals surface area contributed by atoms with Crippen LogP contribution in [0, 0.1) is 0 Å². The minimum atomic E-state index is -0.766. The number of allylic oxidation sites excluding steroid dienone is 3. The van der Waals surface area contributed by atoms with Gasteiger partial charge in [0.2, 0.25) is 0 Å². The standard InChI is InChI=1S/C7H9F2N/c1-5(6(2)8)7(9)4-10-3/h4H,2H2,1,3H3/b7-5+,10-4?. The molecular formula is C7H9F2N. The molecule has 0 fully saturated rings. The van der Waals surface area contributed by atoms with Crippen molar-refractivity contribution in [2.24, 2.45) is 4.99 Å². The van der Waals surface area contributed by atoms with E-state index in [1.807, 2.05) is 0 Å². The van der Waals surface area contributed by atoms with Gasteiger partial charge in [0.05, 0.1) is 6.21 Å². The number of nitrogens with zero attached hydrogens (tertiary/aromatic N) is 1. The molecule has 56 valence electrons. The van der Waals surface area contributed by atoms with Gasteiger partial charge in [-0.05, 0) is 6.92 Å². The van der Waals surface area contributed by atoms with Gasteiger partial charge >= 0.3 is 0 Å². The Morgan fingerprint density at radius 3 is 2.30 bits per heavy atom. The molecular weight excluding hydrogens is 136 g/mol. The van der Waals surface area contributed by atoms with Gasteiger partial charge in [0.25, 0.3) is 0 Å². The van der Waals surface area contributed by atoms with E-state index < -0.39 is 11.7 Å². The first-order valence-electron chi connectivity index (χ1n) is 2.73. The maximum absolute atomic E-state index is 12.5. The lowest BCUT2D eigenvalue weighted by Gasteiger charge is -1.93. The molecule has 0 heterocycles. The Morgan fingerprint density at radius 1 is 1.50 bits per heavy atom. The summed E-state index contributed by atoms with van der Waals surface area (Å²) in [4.78, 5) is 3.37. The van der Waals surface area contributed by atoms with Crippen LogP contribution < -0.4 is 0 Å². The van der Waals surface area contributed by atoms with E-state index in [0.717, 1.165) is 6.21 Å². The van der Waals surface area contributed by atoms with E-state index in [1.54, 1.807) is 0 Å². The predicted octanol–water partition coefficient (Wildman–Crippen LogP) is 2.41. The fourth-order valence-corrected chi connectivity index (χ4v) is 0.340. The molecule has 0 saturated carbocycles. The summed E-state index contributed by atoms with van der Waals surface area (Å²) in [6.45, 7) is 4.24. The smallest absolute Gasteiger partial charge is 0.146 e. The van der Waals surface area contributed by atoms with Gasteiger partial charge in [-0.1, -0.05) is 6.58 Å². The van der Waals surface area contributed by atoms with Gasteiger partial charge in [-0.3, -0.25) is 4.99 Å². The van der Waals surface area contributed by atoms with Crippen molar-refractivity contribution in [3.05, 3.63) is 23.8 Å². The van der Waals surface area contributed by atoms with E-state index in [4.69, 9.17) is 0 Å². The fraction of sp³-hybridized carbons (Fsp3) is 0.286. The average molecular weight is 145 g/mol. The quantitative estimate of drug-likeness (QED) is 0.418. The third-order valence-electron chi connectivity index (χ3n) is 1.01. The van der Waals surface area contributed by atoms with E-state index in [2.05, 4.69) is 11.6 Å². The second-order valence-electron chi connectivity index (χ2n) is 1.77. The Balaban J connectivity index is 4.50. The number of halogens is 2. The molecule has 0 bridgehead atoms. The summed E-state index contributed by atoms with van der Waals surface area (Å²) in [7, 11) is 1.41. The van der Waals surface area contributed by atoms with Crippen molar-refractivity contribution in [2.75, 3.05) is 7.05 Å². The van der Waals surface area contributed by atoms with Crippen LogP contribution >= 0.6 is 0 Å². The minimum absolute atomic E-state index is 0.106. The Labute approximate surface area is 58.8 Å². The normalized spacial score (nSPS) is 13.6. The van der Waals surface area contributed by atoms with E-state index in [0.29, 0.717) is 0 Å². The lowest BCUT2D eigenvalue weighted by atomic mass is 10.2. The third-order valence-corrected chi connectivity index (χ3v) is 1.01. The number of hydrogen-bond acceptors (Lipinski definition) is 1. The first-order valence-corrected chi connectivity index (χ1v) is 2.73. The zero-order valence-corrected chi connectivity index (χ0v) is 5.99. The van der Waals surface area contributed by atoms with Gasteiger partial charge in [0.15, 0.2) is 0 Å². The first kappa shape index (κ1) is 9.01. The third kappa shape index (κ3) is 2.53. The summed E-state index contributed by atoms with van der Waals surface area (Å²) in [5.74, 6) is -1.45. The van der Waals surface area contributed by atoms with Crippen molar-refractivity contribution in [3.63, 3.8) is 0 Å². The highest BCUT2D eigenvalue weighted by molar-refractivity contribution is 5.77. The number of aliphatic imine (C=N–C) groups is 1. The van der Waals surface area contributed by atoms with Crippen LogP contribution in [0.5, 0.6) is 0 Å². The van der Waals surface area contributed by atoms with Crippen LogP contribution in [0.3, 0.4) is 0 Å². The van der Waals surface area contributed by atoms with Crippen molar-refractivity contribution >= 4 is 6.21 Å². The van der Waals surface area contributed by atoms with Gasteiger partial charge in [0.1, 0.15) is 11.7 Å². The summed E-state index contributed by atoms with van der Waals surface area (Å²) in [6.07, 6.45) is 0.945. The highest BCUT2D eigenvalue weighted by Crippen LogP contribution is 2.12. The fourth-order valence-electron chi connectivity index (χ4n) is 0.340. The van der Waals surface area contributed by atoms with Gasteiger partial charge < -0.3 is 0 Å². The molecule has 0 aromatic heterocycles. The molecule has 10 heavy (non-hydrogen) atoms. The molecule has 0 aliphatic carbocycles. The van der Waals surface area contributed by atoms with E-state index in [-0.39, 0.29) is 5.57 Å². The van der Waals surface area contributed by atoms with Gasteiger partial charge in [-0.15, -0.1) is 0 Å². The maximum atomic E-state index is 12.5. The second kappa shape index (κ2) is 3.93. The molecule has 0 aromatic carbocycles. The topological polar surface area (TPSA) is 12.4 Å². The molecule has 0 aromatic rings. The molecule has 0 rings (SSSR count).